The Bertz CT molecular complexity index is 213. The minimum absolute atomic E-state index is 1.09. The fraction of sp³-hybridized carbons (Fsp3) is 0.333. The van der Waals surface area contributed by atoms with Gasteiger partial charge < -0.3 is 0 Å². The van der Waals surface area contributed by atoms with E-state index in [1.807, 2.05) is 0 Å². The first-order chi connectivity index (χ1) is 4.52. The fourth-order valence-corrected chi connectivity index (χ4v) is 2.83. The Morgan fingerprint density at radius 1 is 1.30 bits per heavy atom. The Balaban J connectivity index is 2.88. The minimum atomic E-state index is -1.09. The lowest BCUT2D eigenvalue weighted by Gasteiger charge is -2.18. The monoisotopic (exact) mass is 150 g/mol. The third-order valence-electron chi connectivity index (χ3n) is 1.71. The minimum Gasteiger partial charge on any atom is -0.0919 e. The van der Waals surface area contributed by atoms with Crippen LogP contribution in [0.25, 0.3) is 0 Å². The van der Waals surface area contributed by atoms with Gasteiger partial charge in [-0.15, -0.1) is 0 Å². The Kier molecular flexibility index (Phi) is 1.69. The molecule has 0 heterocycles. The van der Waals surface area contributed by atoms with Crippen LogP contribution in [0.3, 0.4) is 0 Å². The van der Waals surface area contributed by atoms with E-state index in [1.165, 1.54) is 10.8 Å². The van der Waals surface area contributed by atoms with Crippen molar-refractivity contribution in [1.82, 2.24) is 0 Å². The van der Waals surface area contributed by atoms with Crippen LogP contribution in [0, 0.1) is 0 Å². The SMILES string of the molecule is C=C1C=CC=C1[Si](C)(C)C. The van der Waals surface area contributed by atoms with E-state index in [0.29, 0.717) is 0 Å². The highest BCUT2D eigenvalue weighted by molar-refractivity contribution is 6.84. The summed E-state index contributed by atoms with van der Waals surface area (Å²) >= 11 is 0. The van der Waals surface area contributed by atoms with Gasteiger partial charge in [0.1, 0.15) is 0 Å². The molecule has 0 nitrogen and oxygen atoms in total. The summed E-state index contributed by atoms with van der Waals surface area (Å²) in [6.45, 7) is 11.0. The molecule has 0 atom stereocenters. The van der Waals surface area contributed by atoms with Gasteiger partial charge in [0.2, 0.25) is 0 Å². The molecule has 1 heteroatoms. The lowest BCUT2D eigenvalue weighted by atomic mass is 10.3. The number of rotatable bonds is 1. The summed E-state index contributed by atoms with van der Waals surface area (Å²) in [4.78, 5) is 0. The third kappa shape index (κ3) is 1.29. The van der Waals surface area contributed by atoms with Gasteiger partial charge in [-0.05, 0) is 5.57 Å². The van der Waals surface area contributed by atoms with Crippen molar-refractivity contribution in [2.24, 2.45) is 0 Å². The number of hydrogen-bond acceptors (Lipinski definition) is 0. The second kappa shape index (κ2) is 2.24. The number of hydrogen-bond donors (Lipinski definition) is 0. The lowest BCUT2D eigenvalue weighted by molar-refractivity contribution is 1.62. The lowest BCUT2D eigenvalue weighted by Crippen LogP contribution is -2.23. The van der Waals surface area contributed by atoms with Crippen LogP contribution in [0.15, 0.2) is 35.6 Å². The molecule has 10 heavy (non-hydrogen) atoms. The molecule has 0 fully saturated rings. The van der Waals surface area contributed by atoms with Gasteiger partial charge in [0.05, 0.1) is 8.07 Å². The van der Waals surface area contributed by atoms with Crippen molar-refractivity contribution in [3.05, 3.63) is 35.6 Å². The first kappa shape index (κ1) is 7.54. The number of allylic oxidation sites excluding steroid dienone is 5. The highest BCUT2D eigenvalue weighted by atomic mass is 28.3. The highest BCUT2D eigenvalue weighted by Gasteiger charge is 2.21. The van der Waals surface area contributed by atoms with Gasteiger partial charge in [0.15, 0.2) is 0 Å². The smallest absolute Gasteiger partial charge is 0.0783 e. The van der Waals surface area contributed by atoms with Crippen molar-refractivity contribution >= 4 is 8.07 Å². The molecule has 1 rings (SSSR count). The standard InChI is InChI=1S/C9H14Si/c1-8-6-5-7-9(8)10(2,3)4/h5-7H,1H2,2-4H3. The van der Waals surface area contributed by atoms with E-state index in [0.717, 1.165) is 0 Å². The summed E-state index contributed by atoms with van der Waals surface area (Å²) in [5, 5.41) is 1.49. The Labute approximate surface area is 64.0 Å². The van der Waals surface area contributed by atoms with Crippen LogP contribution in [0.1, 0.15) is 0 Å². The predicted molar refractivity (Wildman–Crippen MR) is 49.7 cm³/mol. The normalized spacial score (nSPS) is 17.9. The third-order valence-corrected chi connectivity index (χ3v) is 3.82. The first-order valence-corrected chi connectivity index (χ1v) is 7.10. The second-order valence-electron chi connectivity index (χ2n) is 3.71. The van der Waals surface area contributed by atoms with Crippen molar-refractivity contribution in [1.29, 1.82) is 0 Å². The molecule has 1 aliphatic rings. The summed E-state index contributed by atoms with van der Waals surface area (Å²) < 4.78 is 0. The zero-order valence-corrected chi connectivity index (χ0v) is 7.94. The summed E-state index contributed by atoms with van der Waals surface area (Å²) in [5.74, 6) is 0. The zero-order chi connectivity index (χ0) is 7.78. The summed E-state index contributed by atoms with van der Waals surface area (Å²) in [6, 6.07) is 0. The van der Waals surface area contributed by atoms with E-state index in [-0.39, 0.29) is 0 Å². The van der Waals surface area contributed by atoms with Crippen LogP contribution in [0.5, 0.6) is 0 Å². The molecule has 0 amide bonds. The van der Waals surface area contributed by atoms with Gasteiger partial charge in [0.25, 0.3) is 0 Å². The molecule has 0 aromatic carbocycles. The molecule has 0 saturated carbocycles. The molecule has 0 spiro atoms. The van der Waals surface area contributed by atoms with Gasteiger partial charge in [-0.1, -0.05) is 49.6 Å². The topological polar surface area (TPSA) is 0 Å². The van der Waals surface area contributed by atoms with E-state index < -0.39 is 8.07 Å². The molecule has 0 aromatic heterocycles. The average Bonchev–Trinajstić information content (AvgIpc) is 2.11. The maximum absolute atomic E-state index is 3.98. The van der Waals surface area contributed by atoms with Crippen molar-refractivity contribution < 1.29 is 0 Å². The molecule has 54 valence electrons. The molecule has 0 aromatic rings. The van der Waals surface area contributed by atoms with Crippen LogP contribution in [0.2, 0.25) is 19.6 Å². The molecule has 0 radical (unpaired) electrons. The van der Waals surface area contributed by atoms with Gasteiger partial charge in [-0.25, -0.2) is 0 Å². The van der Waals surface area contributed by atoms with Crippen LogP contribution >= 0.6 is 0 Å². The molecule has 0 unspecified atom stereocenters. The molecular formula is C9H14Si. The predicted octanol–water partition coefficient (Wildman–Crippen LogP) is 2.92. The summed E-state index contributed by atoms with van der Waals surface area (Å²) in [5.41, 5.74) is 1.22. The quantitative estimate of drug-likeness (QED) is 0.504. The van der Waals surface area contributed by atoms with Crippen molar-refractivity contribution in [3.8, 4) is 0 Å². The van der Waals surface area contributed by atoms with Crippen LogP contribution < -0.4 is 0 Å². The molecular weight excluding hydrogens is 136 g/mol. The van der Waals surface area contributed by atoms with Crippen molar-refractivity contribution in [3.63, 3.8) is 0 Å². The zero-order valence-electron chi connectivity index (χ0n) is 6.94. The van der Waals surface area contributed by atoms with Crippen LogP contribution in [0.4, 0.5) is 0 Å². The molecule has 0 saturated heterocycles. The average molecular weight is 150 g/mol. The van der Waals surface area contributed by atoms with E-state index >= 15 is 0 Å². The maximum Gasteiger partial charge on any atom is 0.0783 e. The first-order valence-electron chi connectivity index (χ1n) is 3.60. The van der Waals surface area contributed by atoms with Crippen LogP contribution in [-0.2, 0) is 0 Å². The largest absolute Gasteiger partial charge is 0.0919 e. The molecule has 0 aliphatic heterocycles. The molecule has 0 N–H and O–H groups in total. The van der Waals surface area contributed by atoms with Crippen molar-refractivity contribution in [2.45, 2.75) is 19.6 Å². The summed E-state index contributed by atoms with van der Waals surface area (Å²) in [6.07, 6.45) is 6.39. The van der Waals surface area contributed by atoms with E-state index in [2.05, 4.69) is 44.4 Å². The van der Waals surface area contributed by atoms with Gasteiger partial charge >= 0.3 is 0 Å². The molecule has 0 bridgehead atoms. The summed E-state index contributed by atoms with van der Waals surface area (Å²) in [7, 11) is -1.09. The second-order valence-corrected chi connectivity index (χ2v) is 8.75. The van der Waals surface area contributed by atoms with E-state index in [1.54, 1.807) is 0 Å². The molecule has 1 aliphatic carbocycles. The van der Waals surface area contributed by atoms with Gasteiger partial charge in [-0.2, -0.15) is 0 Å². The van der Waals surface area contributed by atoms with Crippen molar-refractivity contribution in [2.75, 3.05) is 0 Å². The van der Waals surface area contributed by atoms with Crippen LogP contribution in [-0.4, -0.2) is 8.07 Å². The Morgan fingerprint density at radius 2 is 1.90 bits per heavy atom. The highest BCUT2D eigenvalue weighted by Crippen LogP contribution is 2.25. The fourth-order valence-electron chi connectivity index (χ4n) is 1.19. The van der Waals surface area contributed by atoms with E-state index in [9.17, 15) is 0 Å². The van der Waals surface area contributed by atoms with Gasteiger partial charge in [-0.3, -0.25) is 0 Å². The van der Waals surface area contributed by atoms with E-state index in [4.69, 9.17) is 0 Å². The van der Waals surface area contributed by atoms with Gasteiger partial charge in [0, 0.05) is 0 Å². The maximum atomic E-state index is 3.98. The Morgan fingerprint density at radius 3 is 2.10 bits per heavy atom. The Hall–Kier alpha value is -0.563.